The quantitative estimate of drug-likeness (QED) is 0.161. The largest absolute Gasteiger partial charge is 0.228 e. The molecule has 286 valence electrons. The molecule has 0 saturated heterocycles. The van der Waals surface area contributed by atoms with Crippen LogP contribution in [0.3, 0.4) is 0 Å². The maximum absolute atomic E-state index is 5.07. The van der Waals surface area contributed by atoms with Crippen molar-refractivity contribution in [3.63, 3.8) is 0 Å². The first-order chi connectivity index (χ1) is 29.7. The maximum Gasteiger partial charge on any atom is 0.160 e. The van der Waals surface area contributed by atoms with Crippen LogP contribution < -0.4 is 0 Å². The Hall–Kier alpha value is -7.16. The molecule has 0 bridgehead atoms. The third-order valence-electron chi connectivity index (χ3n) is 13.0. The van der Waals surface area contributed by atoms with Gasteiger partial charge in [-0.15, -0.1) is 0 Å². The zero-order valence-electron chi connectivity index (χ0n) is 33.6. The summed E-state index contributed by atoms with van der Waals surface area (Å²) < 4.78 is 0. The van der Waals surface area contributed by atoms with Crippen LogP contribution in [0.15, 0.2) is 206 Å². The Morgan fingerprint density at radius 3 is 1.18 bits per heavy atom. The van der Waals surface area contributed by atoms with Crippen molar-refractivity contribution >= 4 is 0 Å². The second-order valence-corrected chi connectivity index (χ2v) is 16.5. The Morgan fingerprint density at radius 2 is 0.667 bits per heavy atom. The van der Waals surface area contributed by atoms with Gasteiger partial charge in [0.25, 0.3) is 0 Å². The highest BCUT2D eigenvalue weighted by atomic mass is 14.9. The Morgan fingerprint density at radius 1 is 0.283 bits per heavy atom. The van der Waals surface area contributed by atoms with E-state index in [0.717, 1.165) is 28.1 Å². The molecule has 1 heterocycles. The van der Waals surface area contributed by atoms with Crippen LogP contribution in [-0.4, -0.2) is 9.97 Å². The van der Waals surface area contributed by atoms with Gasteiger partial charge in [0, 0.05) is 22.1 Å². The lowest BCUT2D eigenvalue weighted by molar-refractivity contribution is 0.353. The maximum atomic E-state index is 5.07. The molecular weight excluding hydrogens is 725 g/mol. The van der Waals surface area contributed by atoms with Crippen LogP contribution in [-0.2, 0) is 5.41 Å². The molecule has 1 saturated carbocycles. The van der Waals surface area contributed by atoms with E-state index in [4.69, 9.17) is 9.97 Å². The fourth-order valence-electron chi connectivity index (χ4n) is 9.80. The SMILES string of the molecule is c1ccc(-c2ccc(-c3cc(-c4ccc(-c5ccc(-c6ccc(-c7ccc8c(c7)C7(CCCCC7)c7ccccc7-8)cc6)cc5)cc4)nc(-c4ccccc4)n3)cc2)cc1. The highest BCUT2D eigenvalue weighted by Crippen LogP contribution is 2.56. The minimum absolute atomic E-state index is 0.171. The lowest BCUT2D eigenvalue weighted by Gasteiger charge is -2.36. The first-order valence-electron chi connectivity index (χ1n) is 21.4. The van der Waals surface area contributed by atoms with Crippen molar-refractivity contribution in [2.75, 3.05) is 0 Å². The lowest BCUT2D eigenvalue weighted by atomic mass is 9.67. The minimum atomic E-state index is 0.171. The van der Waals surface area contributed by atoms with E-state index in [9.17, 15) is 0 Å². The summed E-state index contributed by atoms with van der Waals surface area (Å²) in [6.07, 6.45) is 6.47. The van der Waals surface area contributed by atoms with Crippen LogP contribution in [0, 0.1) is 0 Å². The molecule has 2 heteroatoms. The number of aromatic nitrogens is 2. The molecule has 2 nitrogen and oxygen atoms in total. The molecule has 0 amide bonds. The third kappa shape index (κ3) is 6.55. The van der Waals surface area contributed by atoms with Crippen molar-refractivity contribution in [1.82, 2.24) is 9.97 Å². The van der Waals surface area contributed by atoms with Crippen LogP contribution in [0.1, 0.15) is 43.2 Å². The van der Waals surface area contributed by atoms with Gasteiger partial charge in [-0.2, -0.15) is 0 Å². The molecule has 2 aliphatic carbocycles. The van der Waals surface area contributed by atoms with Gasteiger partial charge in [-0.05, 0) is 91.7 Å². The standard InChI is InChI=1S/C58H44N2/c1-4-12-40(13-5-1)41-26-30-47(31-27-41)55-39-56(60-57(59-55)49-14-6-2-7-15-49)48-32-28-45(29-33-48)43-20-18-42(19-21-43)44-22-24-46(25-23-44)50-34-35-52-51-16-8-9-17-53(51)58(54(52)38-50)36-10-3-11-37-58/h1-2,4-9,12-35,38-39H,3,10-11,36-37H2. The van der Waals surface area contributed by atoms with Gasteiger partial charge in [0.1, 0.15) is 0 Å². The number of nitrogens with zero attached hydrogens (tertiary/aromatic N) is 2. The fraction of sp³-hybridized carbons (Fsp3) is 0.103. The van der Waals surface area contributed by atoms with E-state index in [1.165, 1.54) is 93.3 Å². The van der Waals surface area contributed by atoms with Crippen molar-refractivity contribution in [1.29, 1.82) is 0 Å². The van der Waals surface area contributed by atoms with Crippen molar-refractivity contribution < 1.29 is 0 Å². The average molecular weight is 769 g/mol. The molecule has 9 aromatic rings. The van der Waals surface area contributed by atoms with Crippen LogP contribution in [0.25, 0.3) is 89.5 Å². The van der Waals surface area contributed by atoms with Gasteiger partial charge in [0.05, 0.1) is 11.4 Å². The van der Waals surface area contributed by atoms with Gasteiger partial charge in [-0.3, -0.25) is 0 Å². The summed E-state index contributed by atoms with van der Waals surface area (Å²) in [6, 6.07) is 74.7. The number of benzene rings is 8. The summed E-state index contributed by atoms with van der Waals surface area (Å²) in [5, 5.41) is 0. The second-order valence-electron chi connectivity index (χ2n) is 16.5. The van der Waals surface area contributed by atoms with Gasteiger partial charge in [-0.1, -0.05) is 213 Å². The Labute approximate surface area is 353 Å². The van der Waals surface area contributed by atoms with Gasteiger partial charge in [0.2, 0.25) is 0 Å². The zero-order chi connectivity index (χ0) is 39.9. The zero-order valence-corrected chi connectivity index (χ0v) is 33.6. The Balaban J connectivity index is 0.836. The predicted molar refractivity (Wildman–Crippen MR) is 249 cm³/mol. The fourth-order valence-corrected chi connectivity index (χ4v) is 9.80. The summed E-state index contributed by atoms with van der Waals surface area (Å²) in [7, 11) is 0. The predicted octanol–water partition coefficient (Wildman–Crippen LogP) is 15.4. The summed E-state index contributed by atoms with van der Waals surface area (Å²) >= 11 is 0. The van der Waals surface area contributed by atoms with Gasteiger partial charge in [0.15, 0.2) is 5.82 Å². The van der Waals surface area contributed by atoms with Crippen LogP contribution >= 0.6 is 0 Å². The average Bonchev–Trinajstić information content (AvgIpc) is 3.60. The summed E-state index contributed by atoms with van der Waals surface area (Å²) in [5.41, 5.74) is 20.8. The number of rotatable bonds is 7. The molecule has 8 aromatic carbocycles. The number of hydrogen-bond acceptors (Lipinski definition) is 2. The highest BCUT2D eigenvalue weighted by Gasteiger charge is 2.43. The van der Waals surface area contributed by atoms with Crippen LogP contribution in [0.2, 0.25) is 0 Å². The van der Waals surface area contributed by atoms with E-state index < -0.39 is 0 Å². The van der Waals surface area contributed by atoms with Crippen LogP contribution in [0.5, 0.6) is 0 Å². The normalized spacial score (nSPS) is 13.8. The van der Waals surface area contributed by atoms with Crippen molar-refractivity contribution in [3.05, 3.63) is 217 Å². The number of hydrogen-bond donors (Lipinski definition) is 0. The first-order valence-corrected chi connectivity index (χ1v) is 21.4. The van der Waals surface area contributed by atoms with E-state index in [0.29, 0.717) is 5.82 Å². The van der Waals surface area contributed by atoms with Crippen LogP contribution in [0.4, 0.5) is 0 Å². The van der Waals surface area contributed by atoms with Gasteiger partial charge < -0.3 is 0 Å². The Kier molecular flexibility index (Phi) is 9.12. The van der Waals surface area contributed by atoms with Gasteiger partial charge in [-0.25, -0.2) is 9.97 Å². The smallest absolute Gasteiger partial charge is 0.160 e. The molecular formula is C58H44N2. The molecule has 0 aliphatic heterocycles. The third-order valence-corrected chi connectivity index (χ3v) is 13.0. The van der Waals surface area contributed by atoms with Crippen molar-refractivity contribution in [2.45, 2.75) is 37.5 Å². The molecule has 11 rings (SSSR count). The minimum Gasteiger partial charge on any atom is -0.228 e. The molecule has 0 atom stereocenters. The summed E-state index contributed by atoms with van der Waals surface area (Å²) in [5.74, 6) is 0.717. The number of fused-ring (bicyclic) bond motifs is 5. The molecule has 60 heavy (non-hydrogen) atoms. The topological polar surface area (TPSA) is 25.8 Å². The van der Waals surface area contributed by atoms with E-state index in [1.807, 2.05) is 24.3 Å². The Bertz CT molecular complexity index is 2940. The first kappa shape index (κ1) is 36.0. The van der Waals surface area contributed by atoms with E-state index in [-0.39, 0.29) is 5.41 Å². The van der Waals surface area contributed by atoms with Crippen molar-refractivity contribution in [2.24, 2.45) is 0 Å². The summed E-state index contributed by atoms with van der Waals surface area (Å²) in [6.45, 7) is 0. The lowest BCUT2D eigenvalue weighted by Crippen LogP contribution is -2.28. The molecule has 1 aromatic heterocycles. The molecule has 2 aliphatic rings. The highest BCUT2D eigenvalue weighted by molar-refractivity contribution is 5.85. The molecule has 1 spiro atoms. The van der Waals surface area contributed by atoms with Gasteiger partial charge >= 0.3 is 0 Å². The molecule has 0 radical (unpaired) electrons. The van der Waals surface area contributed by atoms with E-state index >= 15 is 0 Å². The van der Waals surface area contributed by atoms with E-state index in [2.05, 4.69) is 182 Å². The molecule has 0 unspecified atom stereocenters. The molecule has 1 fully saturated rings. The summed E-state index contributed by atoms with van der Waals surface area (Å²) in [4.78, 5) is 10.1. The molecule has 0 N–H and O–H groups in total. The monoisotopic (exact) mass is 768 g/mol. The van der Waals surface area contributed by atoms with Crippen molar-refractivity contribution in [3.8, 4) is 89.5 Å². The second kappa shape index (κ2) is 15.2. The van der Waals surface area contributed by atoms with E-state index in [1.54, 1.807) is 5.56 Å².